The Bertz CT molecular complexity index is 682. The van der Waals surface area contributed by atoms with E-state index in [9.17, 15) is 9.59 Å². The van der Waals surface area contributed by atoms with Crippen LogP contribution in [0.5, 0.6) is 0 Å². The zero-order valence-corrected chi connectivity index (χ0v) is 14.8. The van der Waals surface area contributed by atoms with E-state index < -0.39 is 0 Å². The second-order valence-electron chi connectivity index (χ2n) is 7.24. The summed E-state index contributed by atoms with van der Waals surface area (Å²) < 4.78 is 0. The van der Waals surface area contributed by atoms with E-state index in [0.29, 0.717) is 18.9 Å². The number of carbonyl (C=O) groups is 2. The molecule has 0 aliphatic carbocycles. The van der Waals surface area contributed by atoms with Crippen LogP contribution in [0.3, 0.4) is 0 Å². The summed E-state index contributed by atoms with van der Waals surface area (Å²) in [4.78, 5) is 28.4. The molecule has 25 heavy (non-hydrogen) atoms. The van der Waals surface area contributed by atoms with Crippen LogP contribution in [0.2, 0.25) is 0 Å². The van der Waals surface area contributed by atoms with Crippen molar-refractivity contribution in [2.45, 2.75) is 44.2 Å². The van der Waals surface area contributed by atoms with Gasteiger partial charge in [0.15, 0.2) is 0 Å². The van der Waals surface area contributed by atoms with E-state index in [2.05, 4.69) is 38.6 Å². The Hall–Kier alpha value is -2.08. The topological polar surface area (TPSA) is 64.7 Å². The quantitative estimate of drug-likeness (QED) is 0.804. The summed E-state index contributed by atoms with van der Waals surface area (Å²) in [6.07, 6.45) is 4.34. The molecule has 3 aliphatic rings. The van der Waals surface area contributed by atoms with Crippen LogP contribution in [0, 0.1) is 0 Å². The maximum atomic E-state index is 12.3. The average molecular weight is 342 g/mol. The molecule has 3 aliphatic heterocycles. The van der Waals surface area contributed by atoms with Crippen molar-refractivity contribution in [3.8, 4) is 0 Å². The molecule has 1 aromatic carbocycles. The zero-order valence-electron chi connectivity index (χ0n) is 14.8. The highest BCUT2D eigenvalue weighted by Crippen LogP contribution is 2.38. The number of benzene rings is 1. The summed E-state index contributed by atoms with van der Waals surface area (Å²) in [7, 11) is 2.04. The molecule has 0 radical (unpaired) electrons. The van der Waals surface area contributed by atoms with Gasteiger partial charge in [-0.3, -0.25) is 14.9 Å². The lowest BCUT2D eigenvalue weighted by atomic mass is 10.0. The Labute approximate surface area is 148 Å². The zero-order chi connectivity index (χ0) is 17.4. The highest BCUT2D eigenvalue weighted by Gasteiger charge is 2.36. The Morgan fingerprint density at radius 3 is 2.52 bits per heavy atom. The van der Waals surface area contributed by atoms with Crippen LogP contribution in [0.15, 0.2) is 18.2 Å². The number of hydrogen-bond acceptors (Lipinski definition) is 5. The van der Waals surface area contributed by atoms with Gasteiger partial charge in [0, 0.05) is 49.0 Å². The summed E-state index contributed by atoms with van der Waals surface area (Å²) in [5.74, 6) is -0.300. The lowest BCUT2D eigenvalue weighted by molar-refractivity contribution is -0.134. The number of nitrogens with one attached hydrogen (secondary N) is 2. The van der Waals surface area contributed by atoms with Gasteiger partial charge >= 0.3 is 0 Å². The van der Waals surface area contributed by atoms with Gasteiger partial charge in [-0.15, -0.1) is 0 Å². The van der Waals surface area contributed by atoms with Crippen molar-refractivity contribution in [1.29, 1.82) is 0 Å². The molecule has 1 unspecified atom stereocenters. The van der Waals surface area contributed by atoms with Crippen molar-refractivity contribution in [1.82, 2.24) is 10.6 Å². The summed E-state index contributed by atoms with van der Waals surface area (Å²) in [6.45, 7) is 2.99. The first-order valence-corrected chi connectivity index (χ1v) is 9.32. The monoisotopic (exact) mass is 342 g/mol. The minimum Gasteiger partial charge on any atom is -0.371 e. The largest absolute Gasteiger partial charge is 0.371 e. The molecule has 0 saturated carbocycles. The first-order valence-electron chi connectivity index (χ1n) is 9.32. The molecule has 3 heterocycles. The number of amides is 2. The van der Waals surface area contributed by atoms with Gasteiger partial charge < -0.3 is 15.1 Å². The predicted octanol–water partition coefficient (Wildman–Crippen LogP) is 1.04. The molecule has 0 spiro atoms. The Morgan fingerprint density at radius 2 is 1.80 bits per heavy atom. The normalized spacial score (nSPS) is 24.4. The summed E-state index contributed by atoms with van der Waals surface area (Å²) in [5.41, 5.74) is 3.85. The van der Waals surface area contributed by atoms with Crippen LogP contribution in [-0.4, -0.2) is 50.6 Å². The molecule has 0 bridgehead atoms. The van der Waals surface area contributed by atoms with Gasteiger partial charge in [0.05, 0.1) is 0 Å². The maximum Gasteiger partial charge on any atom is 0.249 e. The molecule has 6 nitrogen and oxygen atoms in total. The SMILES string of the molecule is CNC1CCN(c2cccc3c2CCN3C2CCC(=O)NC2=O)CC1. The third kappa shape index (κ3) is 2.99. The first-order chi connectivity index (χ1) is 12.2. The van der Waals surface area contributed by atoms with E-state index in [4.69, 9.17) is 0 Å². The third-order valence-electron chi connectivity index (χ3n) is 5.87. The number of nitrogens with zero attached hydrogens (tertiary/aromatic N) is 2. The molecule has 0 aromatic heterocycles. The lowest BCUT2D eigenvalue weighted by Crippen LogP contribution is -2.52. The molecule has 4 rings (SSSR count). The standard InChI is InChI=1S/C19H26N4O2/c1-20-13-7-10-22(11-8-13)15-3-2-4-16-14(15)9-12-23(16)17-5-6-18(24)21-19(17)25/h2-4,13,17,20H,5-12H2,1H3,(H,21,24,25). The number of anilines is 2. The van der Waals surface area contributed by atoms with E-state index in [-0.39, 0.29) is 17.9 Å². The van der Waals surface area contributed by atoms with Gasteiger partial charge in [-0.05, 0) is 44.9 Å². The Kier molecular flexibility index (Phi) is 4.37. The van der Waals surface area contributed by atoms with Crippen LogP contribution in [0.25, 0.3) is 0 Å². The number of fused-ring (bicyclic) bond motifs is 1. The van der Waals surface area contributed by atoms with E-state index in [0.717, 1.165) is 38.9 Å². The van der Waals surface area contributed by atoms with Crippen LogP contribution in [-0.2, 0) is 16.0 Å². The van der Waals surface area contributed by atoms with E-state index >= 15 is 0 Å². The third-order valence-corrected chi connectivity index (χ3v) is 5.87. The van der Waals surface area contributed by atoms with Gasteiger partial charge in [0.2, 0.25) is 11.8 Å². The number of imide groups is 1. The molecule has 1 atom stereocenters. The maximum absolute atomic E-state index is 12.3. The average Bonchev–Trinajstić information content (AvgIpc) is 3.06. The first kappa shape index (κ1) is 16.4. The van der Waals surface area contributed by atoms with Crippen molar-refractivity contribution < 1.29 is 9.59 Å². The van der Waals surface area contributed by atoms with Gasteiger partial charge in [-0.2, -0.15) is 0 Å². The molecule has 1 aromatic rings. The highest BCUT2D eigenvalue weighted by atomic mass is 16.2. The Morgan fingerprint density at radius 1 is 1.04 bits per heavy atom. The molecule has 2 saturated heterocycles. The number of hydrogen-bond donors (Lipinski definition) is 2. The minimum atomic E-state index is -0.218. The van der Waals surface area contributed by atoms with Crippen molar-refractivity contribution in [3.63, 3.8) is 0 Å². The van der Waals surface area contributed by atoms with Crippen LogP contribution in [0.1, 0.15) is 31.2 Å². The van der Waals surface area contributed by atoms with Crippen molar-refractivity contribution in [2.75, 3.05) is 36.5 Å². The molecule has 6 heteroatoms. The second kappa shape index (κ2) is 6.67. The van der Waals surface area contributed by atoms with Crippen LogP contribution in [0.4, 0.5) is 11.4 Å². The van der Waals surface area contributed by atoms with E-state index in [1.807, 2.05) is 7.05 Å². The minimum absolute atomic E-state index is 0.149. The van der Waals surface area contributed by atoms with Gasteiger partial charge in [-0.1, -0.05) is 6.07 Å². The highest BCUT2D eigenvalue weighted by molar-refractivity contribution is 6.02. The van der Waals surface area contributed by atoms with E-state index in [1.54, 1.807) is 0 Å². The van der Waals surface area contributed by atoms with Crippen LogP contribution >= 0.6 is 0 Å². The summed E-state index contributed by atoms with van der Waals surface area (Å²) in [6, 6.07) is 6.84. The molecule has 2 amide bonds. The van der Waals surface area contributed by atoms with Gasteiger partial charge in [-0.25, -0.2) is 0 Å². The van der Waals surface area contributed by atoms with Gasteiger partial charge in [0.1, 0.15) is 6.04 Å². The van der Waals surface area contributed by atoms with Crippen LogP contribution < -0.4 is 20.4 Å². The smallest absolute Gasteiger partial charge is 0.249 e. The fourth-order valence-corrected chi connectivity index (χ4v) is 4.45. The summed E-state index contributed by atoms with van der Waals surface area (Å²) in [5, 5.41) is 5.87. The van der Waals surface area contributed by atoms with Gasteiger partial charge in [0.25, 0.3) is 0 Å². The molecule has 2 N–H and O–H groups in total. The molecule has 134 valence electrons. The van der Waals surface area contributed by atoms with Crippen molar-refractivity contribution >= 4 is 23.2 Å². The molecular weight excluding hydrogens is 316 g/mol. The van der Waals surface area contributed by atoms with E-state index in [1.165, 1.54) is 16.9 Å². The predicted molar refractivity (Wildman–Crippen MR) is 98.0 cm³/mol. The fraction of sp³-hybridized carbons (Fsp3) is 0.579. The second-order valence-corrected chi connectivity index (χ2v) is 7.24. The van der Waals surface area contributed by atoms with Crippen molar-refractivity contribution in [2.24, 2.45) is 0 Å². The molecule has 2 fully saturated rings. The number of rotatable bonds is 3. The molecular formula is C19H26N4O2. The lowest BCUT2D eigenvalue weighted by Gasteiger charge is -2.35. The summed E-state index contributed by atoms with van der Waals surface area (Å²) >= 11 is 0. The number of piperidine rings is 2. The fourth-order valence-electron chi connectivity index (χ4n) is 4.45. The van der Waals surface area contributed by atoms with Crippen molar-refractivity contribution in [3.05, 3.63) is 23.8 Å². The number of carbonyl (C=O) groups excluding carboxylic acids is 2. The Balaban J connectivity index is 1.56.